The van der Waals surface area contributed by atoms with Crippen LogP contribution in [0.2, 0.25) is 0 Å². The molecule has 1 saturated heterocycles. The zero-order valence-corrected chi connectivity index (χ0v) is 11.4. The predicted molar refractivity (Wildman–Crippen MR) is 70.6 cm³/mol. The van der Waals surface area contributed by atoms with E-state index in [4.69, 9.17) is 5.73 Å². The molecule has 3 heteroatoms. The Hall–Kier alpha value is -0.120. The normalized spacial score (nSPS) is 21.9. The van der Waals surface area contributed by atoms with Gasteiger partial charge in [0.1, 0.15) is 0 Å². The summed E-state index contributed by atoms with van der Waals surface area (Å²) >= 11 is 0. The van der Waals surface area contributed by atoms with E-state index in [-0.39, 0.29) is 0 Å². The minimum Gasteiger partial charge on any atom is -0.327 e. The van der Waals surface area contributed by atoms with Crippen LogP contribution in [0.25, 0.3) is 0 Å². The van der Waals surface area contributed by atoms with Crippen molar-refractivity contribution >= 4 is 0 Å². The molecule has 0 saturated carbocycles. The van der Waals surface area contributed by atoms with Crippen LogP contribution in [-0.2, 0) is 0 Å². The van der Waals surface area contributed by atoms with Crippen molar-refractivity contribution in [1.29, 1.82) is 0 Å². The van der Waals surface area contributed by atoms with Gasteiger partial charge >= 0.3 is 0 Å². The van der Waals surface area contributed by atoms with Gasteiger partial charge in [0, 0.05) is 12.1 Å². The standard InChI is InChI=1S/C13H29N3/c1-11(2)13(14)7-10-16-8-5-12(6-9-16)15(3)4/h11-13H,5-10,14H2,1-4H3. The van der Waals surface area contributed by atoms with Crippen molar-refractivity contribution in [3.63, 3.8) is 0 Å². The zero-order chi connectivity index (χ0) is 12.1. The number of nitrogens with zero attached hydrogens (tertiary/aromatic N) is 2. The fraction of sp³-hybridized carbons (Fsp3) is 1.00. The van der Waals surface area contributed by atoms with Gasteiger partial charge in [0.05, 0.1) is 0 Å². The van der Waals surface area contributed by atoms with Crippen LogP contribution < -0.4 is 5.73 Å². The van der Waals surface area contributed by atoms with Gasteiger partial charge in [-0.3, -0.25) is 0 Å². The summed E-state index contributed by atoms with van der Waals surface area (Å²) in [5, 5.41) is 0. The highest BCUT2D eigenvalue weighted by atomic mass is 15.2. The maximum Gasteiger partial charge on any atom is 0.0113 e. The zero-order valence-electron chi connectivity index (χ0n) is 11.4. The first-order valence-corrected chi connectivity index (χ1v) is 6.65. The highest BCUT2D eigenvalue weighted by Crippen LogP contribution is 2.15. The van der Waals surface area contributed by atoms with Crippen molar-refractivity contribution in [2.75, 3.05) is 33.7 Å². The third-order valence-electron chi connectivity index (χ3n) is 3.92. The molecule has 0 aromatic heterocycles. The SMILES string of the molecule is CC(C)C(N)CCN1CCC(N(C)C)CC1. The minimum atomic E-state index is 0.367. The molecule has 1 heterocycles. The van der Waals surface area contributed by atoms with Crippen LogP contribution in [-0.4, -0.2) is 55.6 Å². The van der Waals surface area contributed by atoms with E-state index in [0.717, 1.165) is 12.5 Å². The average molecular weight is 227 g/mol. The topological polar surface area (TPSA) is 32.5 Å². The largest absolute Gasteiger partial charge is 0.327 e. The second-order valence-electron chi connectivity index (χ2n) is 5.73. The first kappa shape index (κ1) is 13.9. The van der Waals surface area contributed by atoms with Gasteiger partial charge in [-0.15, -0.1) is 0 Å². The summed E-state index contributed by atoms with van der Waals surface area (Å²) in [6.45, 7) is 8.09. The molecule has 0 aliphatic carbocycles. The van der Waals surface area contributed by atoms with E-state index in [2.05, 4.69) is 37.7 Å². The molecule has 0 aromatic carbocycles. The molecule has 3 nitrogen and oxygen atoms in total. The quantitative estimate of drug-likeness (QED) is 0.770. The van der Waals surface area contributed by atoms with Crippen molar-refractivity contribution in [3.8, 4) is 0 Å². The summed E-state index contributed by atoms with van der Waals surface area (Å²) < 4.78 is 0. The molecule has 96 valence electrons. The molecule has 1 unspecified atom stereocenters. The number of rotatable bonds is 5. The lowest BCUT2D eigenvalue weighted by Crippen LogP contribution is -2.43. The number of piperidine rings is 1. The lowest BCUT2D eigenvalue weighted by molar-refractivity contribution is 0.140. The third-order valence-corrected chi connectivity index (χ3v) is 3.92. The summed E-state index contributed by atoms with van der Waals surface area (Å²) in [7, 11) is 4.38. The highest BCUT2D eigenvalue weighted by molar-refractivity contribution is 4.78. The van der Waals surface area contributed by atoms with E-state index in [1.165, 1.54) is 32.5 Å². The van der Waals surface area contributed by atoms with Crippen LogP contribution in [0.3, 0.4) is 0 Å². The molecule has 2 N–H and O–H groups in total. The summed E-state index contributed by atoms with van der Waals surface area (Å²) in [5.41, 5.74) is 6.07. The van der Waals surface area contributed by atoms with Crippen molar-refractivity contribution in [1.82, 2.24) is 9.80 Å². The van der Waals surface area contributed by atoms with Crippen LogP contribution in [0.5, 0.6) is 0 Å². The molecule has 1 aliphatic heterocycles. The molecule has 1 rings (SSSR count). The Labute approximate surface area is 101 Å². The van der Waals surface area contributed by atoms with Crippen molar-refractivity contribution in [3.05, 3.63) is 0 Å². The molecular formula is C13H29N3. The van der Waals surface area contributed by atoms with Crippen LogP contribution in [0.4, 0.5) is 0 Å². The van der Waals surface area contributed by atoms with E-state index in [0.29, 0.717) is 12.0 Å². The van der Waals surface area contributed by atoms with Crippen molar-refractivity contribution in [2.45, 2.75) is 45.2 Å². The van der Waals surface area contributed by atoms with E-state index in [1.807, 2.05) is 0 Å². The second-order valence-corrected chi connectivity index (χ2v) is 5.73. The number of nitrogens with two attached hydrogens (primary N) is 1. The Kier molecular flexibility index (Phi) is 5.73. The molecule has 0 radical (unpaired) electrons. The van der Waals surface area contributed by atoms with Gasteiger partial charge in [0.15, 0.2) is 0 Å². The second kappa shape index (κ2) is 6.58. The van der Waals surface area contributed by atoms with Gasteiger partial charge in [-0.2, -0.15) is 0 Å². The first-order valence-electron chi connectivity index (χ1n) is 6.65. The van der Waals surface area contributed by atoms with E-state index >= 15 is 0 Å². The number of hydrogen-bond acceptors (Lipinski definition) is 3. The number of likely N-dealkylation sites (tertiary alicyclic amines) is 1. The smallest absolute Gasteiger partial charge is 0.0113 e. The molecule has 1 fully saturated rings. The van der Waals surface area contributed by atoms with Crippen LogP contribution in [0.1, 0.15) is 33.1 Å². The fourth-order valence-corrected chi connectivity index (χ4v) is 2.32. The van der Waals surface area contributed by atoms with Crippen LogP contribution in [0, 0.1) is 5.92 Å². The van der Waals surface area contributed by atoms with E-state index < -0.39 is 0 Å². The molecule has 0 bridgehead atoms. The minimum absolute atomic E-state index is 0.367. The average Bonchev–Trinajstić information content (AvgIpc) is 2.26. The fourth-order valence-electron chi connectivity index (χ4n) is 2.32. The maximum atomic E-state index is 6.07. The van der Waals surface area contributed by atoms with Crippen molar-refractivity contribution < 1.29 is 0 Å². The monoisotopic (exact) mass is 227 g/mol. The van der Waals surface area contributed by atoms with Crippen LogP contribution >= 0.6 is 0 Å². The van der Waals surface area contributed by atoms with E-state index in [1.54, 1.807) is 0 Å². The van der Waals surface area contributed by atoms with Gasteiger partial charge in [0.25, 0.3) is 0 Å². The molecule has 0 spiro atoms. The summed E-state index contributed by atoms with van der Waals surface area (Å²) in [5.74, 6) is 0.610. The first-order chi connectivity index (χ1) is 7.50. The Morgan fingerprint density at radius 2 is 1.81 bits per heavy atom. The van der Waals surface area contributed by atoms with Gasteiger partial charge in [-0.05, 0) is 58.9 Å². The van der Waals surface area contributed by atoms with E-state index in [9.17, 15) is 0 Å². The summed E-state index contributed by atoms with van der Waals surface area (Å²) in [6.07, 6.45) is 3.76. The van der Waals surface area contributed by atoms with Crippen LogP contribution in [0.15, 0.2) is 0 Å². The molecule has 0 aromatic rings. The van der Waals surface area contributed by atoms with Gasteiger partial charge in [-0.1, -0.05) is 13.8 Å². The predicted octanol–water partition coefficient (Wildman–Crippen LogP) is 1.39. The molecule has 0 amide bonds. The van der Waals surface area contributed by atoms with Crippen molar-refractivity contribution in [2.24, 2.45) is 11.7 Å². The third kappa shape index (κ3) is 4.40. The molecule has 16 heavy (non-hydrogen) atoms. The molecule has 1 aliphatic rings. The van der Waals surface area contributed by atoms with Gasteiger partial charge < -0.3 is 15.5 Å². The summed E-state index contributed by atoms with van der Waals surface area (Å²) in [6, 6.07) is 1.15. The Morgan fingerprint density at radius 1 is 1.25 bits per heavy atom. The lowest BCUT2D eigenvalue weighted by Gasteiger charge is -2.35. The molecule has 1 atom stereocenters. The Balaban J connectivity index is 2.17. The van der Waals surface area contributed by atoms with Gasteiger partial charge in [-0.25, -0.2) is 0 Å². The number of hydrogen-bond donors (Lipinski definition) is 1. The van der Waals surface area contributed by atoms with Gasteiger partial charge in [0.2, 0.25) is 0 Å². The highest BCUT2D eigenvalue weighted by Gasteiger charge is 2.20. The molecular weight excluding hydrogens is 198 g/mol. The Morgan fingerprint density at radius 3 is 2.25 bits per heavy atom. The Bertz CT molecular complexity index is 184. The lowest BCUT2D eigenvalue weighted by atomic mass is 10.00. The maximum absolute atomic E-state index is 6.07. The summed E-state index contributed by atoms with van der Waals surface area (Å²) in [4.78, 5) is 4.93.